The van der Waals surface area contributed by atoms with Crippen LogP contribution < -0.4 is 10.1 Å². The zero-order chi connectivity index (χ0) is 27.7. The Morgan fingerprint density at radius 3 is 2.47 bits per heavy atom. The summed E-state index contributed by atoms with van der Waals surface area (Å²) in [6.45, 7) is 5.28. The van der Waals surface area contributed by atoms with Crippen molar-refractivity contribution in [3.63, 3.8) is 0 Å². The van der Waals surface area contributed by atoms with Gasteiger partial charge in [-0.2, -0.15) is 8.78 Å². The van der Waals surface area contributed by atoms with E-state index in [2.05, 4.69) is 48.2 Å². The number of hydrogen-bond acceptors (Lipinski definition) is 6. The lowest BCUT2D eigenvalue weighted by Gasteiger charge is -2.31. The van der Waals surface area contributed by atoms with Gasteiger partial charge in [0, 0.05) is 23.7 Å². The number of halogens is 2. The molecule has 0 bridgehead atoms. The zero-order valence-electron chi connectivity index (χ0n) is 22.6. The van der Waals surface area contributed by atoms with Crippen LogP contribution in [-0.2, 0) is 27.1 Å². The summed E-state index contributed by atoms with van der Waals surface area (Å²) in [6.07, 6.45) is 4.36. The van der Waals surface area contributed by atoms with Crippen LogP contribution >= 0.6 is 0 Å². The van der Waals surface area contributed by atoms with Crippen molar-refractivity contribution in [3.8, 4) is 5.75 Å². The van der Waals surface area contributed by atoms with Gasteiger partial charge in [0.1, 0.15) is 5.75 Å². The molecule has 0 saturated heterocycles. The Kier molecular flexibility index (Phi) is 10.8. The first-order chi connectivity index (χ1) is 18.1. The maximum atomic E-state index is 13.0. The maximum Gasteiger partial charge on any atom is 0.387 e. The molecule has 0 heterocycles. The molecule has 2 N–H and O–H groups in total. The quantitative estimate of drug-likeness (QED) is 0.249. The lowest BCUT2D eigenvalue weighted by molar-refractivity contribution is -0.137. The highest BCUT2D eigenvalue weighted by Crippen LogP contribution is 2.33. The van der Waals surface area contributed by atoms with Gasteiger partial charge in [-0.1, -0.05) is 36.4 Å². The molecular weight excluding hydrogens is 492 g/mol. The molecule has 0 unspecified atom stereocenters. The molecule has 2 aromatic carbocycles. The molecule has 0 aliphatic heterocycles. The van der Waals surface area contributed by atoms with Crippen molar-refractivity contribution in [2.24, 2.45) is 5.92 Å². The van der Waals surface area contributed by atoms with E-state index in [1.807, 2.05) is 0 Å². The van der Waals surface area contributed by atoms with E-state index in [-0.39, 0.29) is 24.5 Å². The summed E-state index contributed by atoms with van der Waals surface area (Å²) in [5, 5.41) is 14.1. The average molecular weight is 532 g/mol. The Labute approximate surface area is 224 Å². The second kappa shape index (κ2) is 13.8. The van der Waals surface area contributed by atoms with Crippen LogP contribution in [0.15, 0.2) is 48.5 Å². The standard InChI is InChI=1S/C30H39F2NO5/c1-5-36-28(35)14-13-26-25(11-8-12-27(26)38-29(31)32)20(2)37-19-24(34)18-33-30(3,4)17-21-15-22-9-6-7-10-23(22)16-21/h6-14,20-21,24,29,33-34H,5,15-19H2,1-4H3/t20-,24-/m1/s1. The molecule has 6 nitrogen and oxygen atoms in total. The Balaban J connectivity index is 1.55. The van der Waals surface area contributed by atoms with Crippen LogP contribution in [0.1, 0.15) is 62.5 Å². The van der Waals surface area contributed by atoms with Gasteiger partial charge in [0.05, 0.1) is 25.4 Å². The fourth-order valence-electron chi connectivity index (χ4n) is 5.02. The molecule has 1 aliphatic rings. The normalized spacial score (nSPS) is 15.6. The molecule has 2 atom stereocenters. The topological polar surface area (TPSA) is 77.0 Å². The fraction of sp³-hybridized carbons (Fsp3) is 0.500. The minimum Gasteiger partial charge on any atom is -0.463 e. The highest BCUT2D eigenvalue weighted by Gasteiger charge is 2.28. The number of nitrogens with one attached hydrogen (secondary N) is 1. The number of alkyl halides is 2. The van der Waals surface area contributed by atoms with E-state index in [0.29, 0.717) is 23.6 Å². The SMILES string of the molecule is CCOC(=O)C=Cc1c(OC(F)F)cccc1[C@@H](C)OC[C@H](O)CNC(C)(C)CC1Cc2ccccc2C1. The van der Waals surface area contributed by atoms with Crippen LogP contribution in [0.3, 0.4) is 0 Å². The van der Waals surface area contributed by atoms with Gasteiger partial charge < -0.3 is 24.6 Å². The summed E-state index contributed by atoms with van der Waals surface area (Å²) in [6, 6.07) is 13.3. The summed E-state index contributed by atoms with van der Waals surface area (Å²) in [5.74, 6) is -0.108. The molecule has 0 radical (unpaired) electrons. The number of β-amino-alcohol motifs (C(OH)–C–C–N with tert-alkyl or cyclic N) is 1. The Hall–Kier alpha value is -2.81. The predicted molar refractivity (Wildman–Crippen MR) is 143 cm³/mol. The number of carbonyl (C=O) groups excluding carboxylic acids is 1. The summed E-state index contributed by atoms with van der Waals surface area (Å²) >= 11 is 0. The highest BCUT2D eigenvalue weighted by atomic mass is 19.3. The van der Waals surface area contributed by atoms with Crippen LogP contribution in [-0.4, -0.2) is 49.1 Å². The minimum atomic E-state index is -3.02. The van der Waals surface area contributed by atoms with Gasteiger partial charge in [-0.3, -0.25) is 0 Å². The molecule has 38 heavy (non-hydrogen) atoms. The van der Waals surface area contributed by atoms with Gasteiger partial charge >= 0.3 is 12.6 Å². The van der Waals surface area contributed by atoms with Gasteiger partial charge in [-0.25, -0.2) is 4.79 Å². The number of ether oxygens (including phenoxy) is 3. The third-order valence-corrected chi connectivity index (χ3v) is 6.72. The molecule has 0 fully saturated rings. The smallest absolute Gasteiger partial charge is 0.387 e. The molecule has 3 rings (SSSR count). The number of esters is 1. The van der Waals surface area contributed by atoms with Crippen molar-refractivity contribution in [1.82, 2.24) is 5.32 Å². The molecule has 0 aromatic heterocycles. The minimum absolute atomic E-state index is 0.0417. The van der Waals surface area contributed by atoms with E-state index >= 15 is 0 Å². The van der Waals surface area contributed by atoms with E-state index in [4.69, 9.17) is 9.47 Å². The first-order valence-corrected chi connectivity index (χ1v) is 13.1. The summed E-state index contributed by atoms with van der Waals surface area (Å²) in [4.78, 5) is 11.8. The molecule has 208 valence electrons. The van der Waals surface area contributed by atoms with Gasteiger partial charge in [-0.15, -0.1) is 0 Å². The average Bonchev–Trinajstić information content (AvgIpc) is 3.26. The summed E-state index contributed by atoms with van der Waals surface area (Å²) in [7, 11) is 0. The van der Waals surface area contributed by atoms with E-state index in [0.717, 1.165) is 25.3 Å². The van der Waals surface area contributed by atoms with Crippen molar-refractivity contribution in [2.45, 2.75) is 71.3 Å². The number of fused-ring (bicyclic) bond motifs is 1. The van der Waals surface area contributed by atoms with Crippen molar-refractivity contribution in [1.29, 1.82) is 0 Å². The number of rotatable bonds is 14. The molecule has 0 saturated carbocycles. The van der Waals surface area contributed by atoms with Gasteiger partial charge in [0.2, 0.25) is 0 Å². The monoisotopic (exact) mass is 531 g/mol. The molecule has 1 aliphatic carbocycles. The second-order valence-electron chi connectivity index (χ2n) is 10.4. The van der Waals surface area contributed by atoms with E-state index < -0.39 is 24.8 Å². The summed E-state index contributed by atoms with van der Waals surface area (Å²) < 4.78 is 41.4. The number of benzene rings is 2. The first-order valence-electron chi connectivity index (χ1n) is 13.1. The van der Waals surface area contributed by atoms with E-state index in [1.54, 1.807) is 26.0 Å². The van der Waals surface area contributed by atoms with Gasteiger partial charge in [-0.05, 0) is 81.7 Å². The molecule has 0 amide bonds. The predicted octanol–water partition coefficient (Wildman–Crippen LogP) is 5.48. The van der Waals surface area contributed by atoms with Crippen LogP contribution in [0, 0.1) is 5.92 Å². The Morgan fingerprint density at radius 1 is 1.16 bits per heavy atom. The van der Waals surface area contributed by atoms with Crippen molar-refractivity contribution in [3.05, 3.63) is 70.8 Å². The zero-order valence-corrected chi connectivity index (χ0v) is 22.6. The second-order valence-corrected chi connectivity index (χ2v) is 10.4. The van der Waals surface area contributed by atoms with Crippen molar-refractivity contribution >= 4 is 12.0 Å². The number of aliphatic hydroxyl groups excluding tert-OH is 1. The third-order valence-electron chi connectivity index (χ3n) is 6.72. The van der Waals surface area contributed by atoms with Gasteiger partial charge in [0.25, 0.3) is 0 Å². The lowest BCUT2D eigenvalue weighted by atomic mass is 9.88. The number of carbonyl (C=O) groups is 1. The number of hydrogen-bond donors (Lipinski definition) is 2. The lowest BCUT2D eigenvalue weighted by Crippen LogP contribution is -2.45. The van der Waals surface area contributed by atoms with Crippen LogP contribution in [0.5, 0.6) is 5.75 Å². The van der Waals surface area contributed by atoms with Crippen LogP contribution in [0.2, 0.25) is 0 Å². The largest absolute Gasteiger partial charge is 0.463 e. The van der Waals surface area contributed by atoms with Crippen molar-refractivity contribution in [2.75, 3.05) is 19.8 Å². The molecule has 2 aromatic rings. The first kappa shape index (κ1) is 29.7. The van der Waals surface area contributed by atoms with Gasteiger partial charge in [0.15, 0.2) is 0 Å². The van der Waals surface area contributed by atoms with Crippen LogP contribution in [0.25, 0.3) is 6.08 Å². The number of aliphatic hydroxyl groups is 1. The fourth-order valence-corrected chi connectivity index (χ4v) is 5.02. The highest BCUT2D eigenvalue weighted by molar-refractivity contribution is 5.88. The maximum absolute atomic E-state index is 13.0. The molecular formula is C30H39F2NO5. The Bertz CT molecular complexity index is 1060. The van der Waals surface area contributed by atoms with E-state index in [1.165, 1.54) is 23.3 Å². The van der Waals surface area contributed by atoms with Crippen LogP contribution in [0.4, 0.5) is 8.78 Å². The molecule has 8 heteroatoms. The van der Waals surface area contributed by atoms with Crippen molar-refractivity contribution < 1.29 is 32.9 Å². The Morgan fingerprint density at radius 2 is 1.84 bits per heavy atom. The summed E-state index contributed by atoms with van der Waals surface area (Å²) in [5.41, 5.74) is 3.53. The third kappa shape index (κ3) is 8.89. The molecule has 0 spiro atoms. The van der Waals surface area contributed by atoms with E-state index in [9.17, 15) is 18.7 Å².